The van der Waals surface area contributed by atoms with Crippen LogP contribution in [0.3, 0.4) is 0 Å². The summed E-state index contributed by atoms with van der Waals surface area (Å²) >= 11 is 0. The van der Waals surface area contributed by atoms with Crippen molar-refractivity contribution in [1.82, 2.24) is 4.90 Å². The summed E-state index contributed by atoms with van der Waals surface area (Å²) in [6.45, 7) is 3.31. The van der Waals surface area contributed by atoms with Crippen LogP contribution < -0.4 is 0 Å². The van der Waals surface area contributed by atoms with Crippen molar-refractivity contribution in [3.8, 4) is 0 Å². The number of alkyl halides is 3. The maximum Gasteiger partial charge on any atom is 0.419 e. The van der Waals surface area contributed by atoms with E-state index in [9.17, 15) is 27.9 Å². The number of carboxylic acid groups (broad SMARTS) is 1. The van der Waals surface area contributed by atoms with Crippen LogP contribution in [-0.4, -0.2) is 57.1 Å². The van der Waals surface area contributed by atoms with Crippen molar-refractivity contribution in [2.24, 2.45) is 0 Å². The fraction of sp³-hybridized carbons (Fsp3) is 0.818. The molecule has 1 heterocycles. The van der Waals surface area contributed by atoms with Gasteiger partial charge in [-0.15, -0.1) is 0 Å². The zero-order valence-corrected chi connectivity index (χ0v) is 11.2. The largest absolute Gasteiger partial charge is 0.480 e. The van der Waals surface area contributed by atoms with Crippen LogP contribution in [0.1, 0.15) is 27.2 Å². The summed E-state index contributed by atoms with van der Waals surface area (Å²) in [5.74, 6) is -1.63. The second-order valence-electron chi connectivity index (χ2n) is 5.70. The molecule has 6 nitrogen and oxygen atoms in total. The van der Waals surface area contributed by atoms with Gasteiger partial charge in [-0.25, -0.2) is 9.59 Å². The smallest absolute Gasteiger partial charge is 0.419 e. The summed E-state index contributed by atoms with van der Waals surface area (Å²) in [4.78, 5) is 23.1. The van der Waals surface area contributed by atoms with Gasteiger partial charge in [0.1, 0.15) is 11.6 Å². The number of ether oxygens (including phenoxy) is 1. The number of amides is 1. The highest BCUT2D eigenvalue weighted by Crippen LogP contribution is 2.40. The SMILES string of the molecule is CC(C)(C)OC(=O)N1CC(O)(C(F)(F)F)C[C@@H]1C(=O)O. The third kappa shape index (κ3) is 3.33. The first-order valence-electron chi connectivity index (χ1n) is 5.78. The van der Waals surface area contributed by atoms with Gasteiger partial charge in [0.25, 0.3) is 0 Å². The van der Waals surface area contributed by atoms with E-state index in [0.717, 1.165) is 0 Å². The summed E-state index contributed by atoms with van der Waals surface area (Å²) in [6.07, 6.45) is -7.35. The Balaban J connectivity index is 3.00. The van der Waals surface area contributed by atoms with Crippen molar-refractivity contribution >= 4 is 12.1 Å². The Bertz CT molecular complexity index is 417. The number of rotatable bonds is 1. The Hall–Kier alpha value is -1.51. The van der Waals surface area contributed by atoms with Gasteiger partial charge in [-0.3, -0.25) is 4.90 Å². The molecular formula is C11H16F3NO5. The molecule has 116 valence electrons. The molecule has 0 saturated carbocycles. The molecule has 0 radical (unpaired) electrons. The first-order valence-corrected chi connectivity index (χ1v) is 5.78. The van der Waals surface area contributed by atoms with Gasteiger partial charge < -0.3 is 14.9 Å². The van der Waals surface area contributed by atoms with Crippen LogP contribution in [-0.2, 0) is 9.53 Å². The van der Waals surface area contributed by atoms with Crippen molar-refractivity contribution in [1.29, 1.82) is 0 Å². The van der Waals surface area contributed by atoms with E-state index in [1.54, 1.807) is 0 Å². The molecular weight excluding hydrogens is 283 g/mol. The molecule has 0 aromatic heterocycles. The lowest BCUT2D eigenvalue weighted by Gasteiger charge is -2.28. The molecule has 1 saturated heterocycles. The lowest BCUT2D eigenvalue weighted by atomic mass is 10.00. The van der Waals surface area contributed by atoms with Crippen LogP contribution in [0.4, 0.5) is 18.0 Å². The van der Waals surface area contributed by atoms with Crippen molar-refractivity contribution in [3.05, 3.63) is 0 Å². The van der Waals surface area contributed by atoms with Crippen molar-refractivity contribution in [2.45, 2.75) is 50.6 Å². The molecule has 1 aliphatic heterocycles. The van der Waals surface area contributed by atoms with Gasteiger partial charge in [-0.2, -0.15) is 13.2 Å². The highest BCUT2D eigenvalue weighted by Gasteiger charge is 2.62. The quantitative estimate of drug-likeness (QED) is 0.763. The summed E-state index contributed by atoms with van der Waals surface area (Å²) in [7, 11) is 0. The molecule has 1 fully saturated rings. The minimum atomic E-state index is -5.03. The summed E-state index contributed by atoms with van der Waals surface area (Å²) in [5, 5.41) is 18.4. The maximum atomic E-state index is 12.7. The molecule has 2 atom stereocenters. The third-order valence-electron chi connectivity index (χ3n) is 2.78. The third-order valence-corrected chi connectivity index (χ3v) is 2.78. The molecule has 0 aromatic carbocycles. The summed E-state index contributed by atoms with van der Waals surface area (Å²) in [5.41, 5.74) is -4.23. The van der Waals surface area contributed by atoms with Crippen molar-refractivity contribution in [3.63, 3.8) is 0 Å². The average Bonchev–Trinajstić information content (AvgIpc) is 2.54. The molecule has 0 spiro atoms. The molecule has 2 N–H and O–H groups in total. The fourth-order valence-electron chi connectivity index (χ4n) is 1.82. The van der Waals surface area contributed by atoms with E-state index in [1.807, 2.05) is 0 Å². The predicted octanol–water partition coefficient (Wildman–Crippen LogP) is 1.37. The number of β-amino-alcohol motifs (C(OH)–C–C–N with tert-alkyl or cyclic N) is 1. The zero-order chi connectivity index (χ0) is 15.9. The molecule has 0 bridgehead atoms. The highest BCUT2D eigenvalue weighted by molar-refractivity contribution is 5.81. The first kappa shape index (κ1) is 16.5. The van der Waals surface area contributed by atoms with Gasteiger partial charge in [0.15, 0.2) is 5.60 Å². The molecule has 1 amide bonds. The maximum absolute atomic E-state index is 12.7. The van der Waals surface area contributed by atoms with E-state index in [2.05, 4.69) is 0 Å². The average molecular weight is 299 g/mol. The standard InChI is InChI=1S/C11H16F3NO5/c1-9(2,3)20-8(18)15-5-10(19,11(12,13)14)4-6(15)7(16)17/h6,19H,4-5H2,1-3H3,(H,16,17)/t6-,10?/m1/s1. The fourth-order valence-corrected chi connectivity index (χ4v) is 1.82. The Morgan fingerprint density at radius 1 is 1.30 bits per heavy atom. The van der Waals surface area contributed by atoms with Crippen LogP contribution in [0, 0.1) is 0 Å². The van der Waals surface area contributed by atoms with E-state index >= 15 is 0 Å². The normalized spacial score (nSPS) is 27.6. The number of halogens is 3. The van der Waals surface area contributed by atoms with Crippen LogP contribution in [0.5, 0.6) is 0 Å². The van der Waals surface area contributed by atoms with Crippen LogP contribution in [0.15, 0.2) is 0 Å². The number of hydrogen-bond donors (Lipinski definition) is 2. The number of aliphatic carboxylic acids is 1. The van der Waals surface area contributed by atoms with Crippen LogP contribution in [0.2, 0.25) is 0 Å². The van der Waals surface area contributed by atoms with Crippen LogP contribution >= 0.6 is 0 Å². The highest BCUT2D eigenvalue weighted by atomic mass is 19.4. The minimum Gasteiger partial charge on any atom is -0.480 e. The zero-order valence-electron chi connectivity index (χ0n) is 11.2. The number of aliphatic hydroxyl groups is 1. The first-order chi connectivity index (χ1) is 8.77. The number of carbonyl (C=O) groups is 2. The topological polar surface area (TPSA) is 87.1 Å². The van der Waals surface area contributed by atoms with E-state index in [4.69, 9.17) is 9.84 Å². The summed E-state index contributed by atoms with van der Waals surface area (Å²) in [6, 6.07) is -1.78. The van der Waals surface area contributed by atoms with E-state index in [0.29, 0.717) is 4.90 Å². The summed E-state index contributed by atoms with van der Waals surface area (Å²) < 4.78 is 43.1. The van der Waals surface area contributed by atoms with E-state index in [1.165, 1.54) is 20.8 Å². The van der Waals surface area contributed by atoms with Gasteiger partial charge in [-0.1, -0.05) is 0 Å². The van der Waals surface area contributed by atoms with Crippen molar-refractivity contribution < 1.29 is 37.7 Å². The lowest BCUT2D eigenvalue weighted by molar-refractivity contribution is -0.253. The molecule has 0 aliphatic carbocycles. The second-order valence-corrected chi connectivity index (χ2v) is 5.70. The van der Waals surface area contributed by atoms with Crippen molar-refractivity contribution in [2.75, 3.05) is 6.54 Å². The molecule has 1 aliphatic rings. The molecule has 1 unspecified atom stereocenters. The Morgan fingerprint density at radius 3 is 2.15 bits per heavy atom. The number of carboxylic acids is 1. The van der Waals surface area contributed by atoms with Crippen LogP contribution in [0.25, 0.3) is 0 Å². The molecule has 9 heteroatoms. The predicted molar refractivity (Wildman–Crippen MR) is 60.0 cm³/mol. The van der Waals surface area contributed by atoms with Gasteiger partial charge in [0.2, 0.25) is 0 Å². The Kier molecular flexibility index (Phi) is 3.97. The number of hydrogen-bond acceptors (Lipinski definition) is 4. The lowest BCUT2D eigenvalue weighted by Crippen LogP contribution is -2.48. The van der Waals surface area contributed by atoms with Gasteiger partial charge in [-0.05, 0) is 20.8 Å². The Labute approximate surface area is 113 Å². The Morgan fingerprint density at radius 2 is 1.80 bits per heavy atom. The van der Waals surface area contributed by atoms with E-state index in [-0.39, 0.29) is 0 Å². The van der Waals surface area contributed by atoms with E-state index < -0.39 is 48.4 Å². The minimum absolute atomic E-state index is 0.390. The van der Waals surface area contributed by atoms with Gasteiger partial charge >= 0.3 is 18.2 Å². The van der Waals surface area contributed by atoms with Gasteiger partial charge in [0, 0.05) is 6.42 Å². The number of carbonyl (C=O) groups excluding carboxylic acids is 1. The molecule has 1 rings (SSSR count). The number of likely N-dealkylation sites (tertiary alicyclic amines) is 1. The van der Waals surface area contributed by atoms with Gasteiger partial charge in [0.05, 0.1) is 6.54 Å². The number of nitrogens with zero attached hydrogens (tertiary/aromatic N) is 1. The molecule has 20 heavy (non-hydrogen) atoms. The monoisotopic (exact) mass is 299 g/mol. The second kappa shape index (κ2) is 4.80. The molecule has 0 aromatic rings.